The average molecular weight is 272 g/mol. The van der Waals surface area contributed by atoms with Crippen molar-refractivity contribution >= 4 is 17.6 Å². The third-order valence-corrected chi connectivity index (χ3v) is 1.99. The van der Waals surface area contributed by atoms with E-state index in [2.05, 4.69) is 4.74 Å². The van der Waals surface area contributed by atoms with Crippen molar-refractivity contribution < 1.29 is 27.8 Å². The molecule has 5 nitrogen and oxygen atoms in total. The zero-order valence-corrected chi connectivity index (χ0v) is 8.72. The minimum atomic E-state index is -5.11. The molecule has 0 aliphatic carbocycles. The lowest BCUT2D eigenvalue weighted by atomic mass is 10.2. The molecule has 1 aromatic heterocycles. The maximum atomic E-state index is 12.1. The van der Waals surface area contributed by atoms with Crippen LogP contribution in [0.15, 0.2) is 11.0 Å². The summed E-state index contributed by atoms with van der Waals surface area (Å²) >= 11 is 5.33. The SMILES string of the molecule is O=C(O)c1c(OC(F)(F)F)c(CCl)c[nH]c1=O. The van der Waals surface area contributed by atoms with Crippen molar-refractivity contribution in [1.82, 2.24) is 4.98 Å². The van der Waals surface area contributed by atoms with Crippen LogP contribution in [-0.4, -0.2) is 22.4 Å². The van der Waals surface area contributed by atoms with E-state index in [1.807, 2.05) is 4.98 Å². The van der Waals surface area contributed by atoms with E-state index in [4.69, 9.17) is 16.7 Å². The number of nitrogens with one attached hydrogen (secondary N) is 1. The third kappa shape index (κ3) is 3.13. The molecule has 0 amide bonds. The van der Waals surface area contributed by atoms with Gasteiger partial charge in [0.2, 0.25) is 0 Å². The molecule has 0 radical (unpaired) electrons. The number of carboxylic acid groups (broad SMARTS) is 1. The predicted molar refractivity (Wildman–Crippen MR) is 50.3 cm³/mol. The van der Waals surface area contributed by atoms with Crippen LogP contribution in [0.2, 0.25) is 0 Å². The molecule has 1 heterocycles. The molecule has 0 aliphatic heterocycles. The molecule has 0 aliphatic rings. The summed E-state index contributed by atoms with van der Waals surface area (Å²) in [5, 5.41) is 8.65. The number of halogens is 4. The predicted octanol–water partition coefficient (Wildman–Crippen LogP) is 1.71. The Labute approximate surface area is 96.8 Å². The molecule has 1 rings (SSSR count). The lowest BCUT2D eigenvalue weighted by molar-refractivity contribution is -0.275. The van der Waals surface area contributed by atoms with Crippen LogP contribution in [-0.2, 0) is 5.88 Å². The third-order valence-electron chi connectivity index (χ3n) is 1.70. The van der Waals surface area contributed by atoms with Crippen LogP contribution in [0.25, 0.3) is 0 Å². The second-order valence-electron chi connectivity index (χ2n) is 2.83. The molecule has 0 fully saturated rings. The van der Waals surface area contributed by atoms with Crippen molar-refractivity contribution in [3.63, 3.8) is 0 Å². The molecule has 0 saturated carbocycles. The summed E-state index contributed by atoms with van der Waals surface area (Å²) in [4.78, 5) is 23.8. The number of alkyl halides is 4. The molecule has 0 spiro atoms. The minimum absolute atomic E-state index is 0.277. The van der Waals surface area contributed by atoms with Crippen molar-refractivity contribution in [2.75, 3.05) is 0 Å². The number of pyridine rings is 1. The fourth-order valence-electron chi connectivity index (χ4n) is 1.08. The largest absolute Gasteiger partial charge is 0.573 e. The van der Waals surface area contributed by atoms with Crippen molar-refractivity contribution in [3.8, 4) is 5.75 Å². The molecular weight excluding hydrogens is 267 g/mol. The van der Waals surface area contributed by atoms with Crippen molar-refractivity contribution in [2.24, 2.45) is 0 Å². The second kappa shape index (κ2) is 4.66. The summed E-state index contributed by atoms with van der Waals surface area (Å²) in [6.07, 6.45) is -4.25. The Morgan fingerprint density at radius 2 is 2.12 bits per heavy atom. The molecule has 0 aromatic carbocycles. The fraction of sp³-hybridized carbons (Fsp3) is 0.250. The Kier molecular flexibility index (Phi) is 3.66. The number of rotatable bonds is 3. The number of hydrogen-bond acceptors (Lipinski definition) is 3. The topological polar surface area (TPSA) is 79.4 Å². The first-order chi connectivity index (χ1) is 7.76. The average Bonchev–Trinajstić information content (AvgIpc) is 2.15. The first kappa shape index (κ1) is 13.4. The number of carbonyl (C=O) groups is 1. The lowest BCUT2D eigenvalue weighted by Gasteiger charge is -2.13. The zero-order valence-electron chi connectivity index (χ0n) is 7.97. The van der Waals surface area contributed by atoms with Crippen LogP contribution in [0.4, 0.5) is 13.2 Å². The zero-order chi connectivity index (χ0) is 13.2. The highest BCUT2D eigenvalue weighted by atomic mass is 35.5. The molecule has 0 unspecified atom stereocenters. The van der Waals surface area contributed by atoms with E-state index in [0.29, 0.717) is 0 Å². The van der Waals surface area contributed by atoms with Crippen LogP contribution in [0.5, 0.6) is 5.75 Å². The van der Waals surface area contributed by atoms with Gasteiger partial charge in [0.25, 0.3) is 5.56 Å². The summed E-state index contributed by atoms with van der Waals surface area (Å²) in [5.74, 6) is -3.37. The normalized spacial score (nSPS) is 11.3. The number of aromatic carboxylic acids is 1. The monoisotopic (exact) mass is 271 g/mol. The fourth-order valence-corrected chi connectivity index (χ4v) is 1.28. The molecular formula is C8H5ClF3NO4. The van der Waals surface area contributed by atoms with Gasteiger partial charge in [-0.05, 0) is 0 Å². The maximum Gasteiger partial charge on any atom is 0.573 e. The van der Waals surface area contributed by atoms with Gasteiger partial charge >= 0.3 is 12.3 Å². The number of H-pyrrole nitrogens is 1. The first-order valence-corrected chi connectivity index (χ1v) is 4.59. The first-order valence-electron chi connectivity index (χ1n) is 4.06. The smallest absolute Gasteiger partial charge is 0.477 e. The van der Waals surface area contributed by atoms with Gasteiger partial charge in [-0.2, -0.15) is 0 Å². The van der Waals surface area contributed by atoms with Gasteiger partial charge in [-0.1, -0.05) is 0 Å². The highest BCUT2D eigenvalue weighted by Gasteiger charge is 2.35. The molecule has 2 N–H and O–H groups in total. The maximum absolute atomic E-state index is 12.1. The standard InChI is InChI=1S/C8H5ClF3NO4/c9-1-3-2-13-6(14)4(7(15)16)5(3)17-8(10,11)12/h2H,1H2,(H,13,14)(H,15,16). The number of aromatic nitrogens is 1. The Bertz CT molecular complexity index is 497. The van der Waals surface area contributed by atoms with Crippen molar-refractivity contribution in [3.05, 3.63) is 27.7 Å². The van der Waals surface area contributed by atoms with Gasteiger partial charge in [0, 0.05) is 11.8 Å². The van der Waals surface area contributed by atoms with Gasteiger partial charge in [-0.15, -0.1) is 24.8 Å². The second-order valence-corrected chi connectivity index (χ2v) is 3.10. The molecule has 94 valence electrons. The number of aromatic amines is 1. The number of ether oxygens (including phenoxy) is 1. The van der Waals surface area contributed by atoms with Crippen molar-refractivity contribution in [2.45, 2.75) is 12.2 Å². The lowest BCUT2D eigenvalue weighted by Crippen LogP contribution is -2.25. The Morgan fingerprint density at radius 3 is 2.53 bits per heavy atom. The molecule has 9 heteroatoms. The quantitative estimate of drug-likeness (QED) is 0.820. The molecule has 1 aromatic rings. The van der Waals surface area contributed by atoms with Crippen LogP contribution in [0.3, 0.4) is 0 Å². The van der Waals surface area contributed by atoms with Crippen LogP contribution in [0.1, 0.15) is 15.9 Å². The molecule has 17 heavy (non-hydrogen) atoms. The molecule has 0 bridgehead atoms. The van der Waals surface area contributed by atoms with E-state index in [1.165, 1.54) is 0 Å². The Hall–Kier alpha value is -1.70. The van der Waals surface area contributed by atoms with E-state index in [1.54, 1.807) is 0 Å². The van der Waals surface area contributed by atoms with Crippen LogP contribution >= 0.6 is 11.6 Å². The Morgan fingerprint density at radius 1 is 1.53 bits per heavy atom. The highest BCUT2D eigenvalue weighted by molar-refractivity contribution is 6.17. The van der Waals surface area contributed by atoms with Gasteiger partial charge in [0.15, 0.2) is 11.3 Å². The highest BCUT2D eigenvalue weighted by Crippen LogP contribution is 2.28. The minimum Gasteiger partial charge on any atom is -0.477 e. The van der Waals surface area contributed by atoms with E-state index >= 15 is 0 Å². The number of carboxylic acids is 1. The van der Waals surface area contributed by atoms with E-state index in [0.717, 1.165) is 6.20 Å². The van der Waals surface area contributed by atoms with E-state index < -0.39 is 35.1 Å². The van der Waals surface area contributed by atoms with Gasteiger partial charge in [-0.3, -0.25) is 4.79 Å². The van der Waals surface area contributed by atoms with E-state index in [-0.39, 0.29) is 5.56 Å². The van der Waals surface area contributed by atoms with Gasteiger partial charge in [-0.25, -0.2) is 4.79 Å². The summed E-state index contributed by atoms with van der Waals surface area (Å²) in [5.41, 5.74) is -2.62. The summed E-state index contributed by atoms with van der Waals surface area (Å²) in [6, 6.07) is 0. The molecule has 0 atom stereocenters. The van der Waals surface area contributed by atoms with Crippen LogP contribution < -0.4 is 10.3 Å². The van der Waals surface area contributed by atoms with Gasteiger partial charge in [0.1, 0.15) is 0 Å². The van der Waals surface area contributed by atoms with Crippen LogP contribution in [0, 0.1) is 0 Å². The summed E-state index contributed by atoms with van der Waals surface area (Å²) in [6.45, 7) is 0. The molecule has 0 saturated heterocycles. The van der Waals surface area contributed by atoms with Gasteiger partial charge < -0.3 is 14.8 Å². The Balaban J connectivity index is 3.46. The van der Waals surface area contributed by atoms with Crippen molar-refractivity contribution in [1.29, 1.82) is 0 Å². The summed E-state index contributed by atoms with van der Waals surface area (Å²) < 4.78 is 39.7. The van der Waals surface area contributed by atoms with Gasteiger partial charge in [0.05, 0.1) is 5.88 Å². The number of hydrogen-bond donors (Lipinski definition) is 2. The van der Waals surface area contributed by atoms with E-state index in [9.17, 15) is 22.8 Å². The summed E-state index contributed by atoms with van der Waals surface area (Å²) in [7, 11) is 0.